The number of fused-ring (bicyclic) bond motifs is 1. The molecule has 8 heteroatoms. The molecule has 0 unspecified atom stereocenters. The summed E-state index contributed by atoms with van der Waals surface area (Å²) < 4.78 is 5.11. The van der Waals surface area contributed by atoms with Crippen LogP contribution in [0.3, 0.4) is 0 Å². The van der Waals surface area contributed by atoms with Gasteiger partial charge in [0, 0.05) is 29.4 Å². The largest absolute Gasteiger partial charge is 0.497 e. The van der Waals surface area contributed by atoms with Crippen LogP contribution in [0.1, 0.15) is 38.8 Å². The number of hydrogen-bond acceptors (Lipinski definition) is 6. The van der Waals surface area contributed by atoms with Crippen LogP contribution in [0.5, 0.6) is 5.75 Å². The number of anilines is 1. The van der Waals surface area contributed by atoms with Crippen LogP contribution in [0.2, 0.25) is 0 Å². The highest BCUT2D eigenvalue weighted by molar-refractivity contribution is 7.16. The van der Waals surface area contributed by atoms with Crippen LogP contribution in [0.25, 0.3) is 0 Å². The summed E-state index contributed by atoms with van der Waals surface area (Å²) in [5, 5.41) is 6.31. The molecule has 2 N–H and O–H groups in total. The van der Waals surface area contributed by atoms with Gasteiger partial charge in [0.1, 0.15) is 5.75 Å². The van der Waals surface area contributed by atoms with Gasteiger partial charge in [0.05, 0.1) is 18.7 Å². The molecule has 2 heterocycles. The molecule has 29 heavy (non-hydrogen) atoms. The summed E-state index contributed by atoms with van der Waals surface area (Å²) in [5.74, 6) is 0.128. The molecule has 1 aliphatic carbocycles. The van der Waals surface area contributed by atoms with Crippen molar-refractivity contribution in [1.82, 2.24) is 15.3 Å². The van der Waals surface area contributed by atoms with Gasteiger partial charge in [0.25, 0.3) is 5.91 Å². The highest BCUT2D eigenvalue weighted by Crippen LogP contribution is 2.38. The molecule has 4 rings (SSSR count). The van der Waals surface area contributed by atoms with Crippen molar-refractivity contribution in [2.75, 3.05) is 12.4 Å². The molecule has 1 aromatic carbocycles. The van der Waals surface area contributed by atoms with E-state index in [1.807, 2.05) is 12.1 Å². The van der Waals surface area contributed by atoms with E-state index in [9.17, 15) is 9.59 Å². The third kappa shape index (κ3) is 4.27. The van der Waals surface area contributed by atoms with Crippen LogP contribution >= 0.6 is 11.3 Å². The van der Waals surface area contributed by atoms with Crippen LogP contribution in [-0.4, -0.2) is 28.9 Å². The summed E-state index contributed by atoms with van der Waals surface area (Å²) in [4.78, 5) is 34.6. The molecule has 0 fully saturated rings. The lowest BCUT2D eigenvalue weighted by molar-refractivity contribution is -0.122. The highest BCUT2D eigenvalue weighted by Gasteiger charge is 2.32. The maximum Gasteiger partial charge on any atom is 0.257 e. The van der Waals surface area contributed by atoms with E-state index in [1.165, 1.54) is 11.3 Å². The van der Waals surface area contributed by atoms with Gasteiger partial charge in [0.15, 0.2) is 5.13 Å². The van der Waals surface area contributed by atoms with Gasteiger partial charge >= 0.3 is 0 Å². The predicted octanol–water partition coefficient (Wildman–Crippen LogP) is 3.15. The van der Waals surface area contributed by atoms with E-state index in [0.29, 0.717) is 23.0 Å². The Morgan fingerprint density at radius 2 is 1.93 bits per heavy atom. The number of methoxy groups -OCH3 is 1. The predicted molar refractivity (Wildman–Crippen MR) is 110 cm³/mol. The topological polar surface area (TPSA) is 93.2 Å². The molecular weight excluding hydrogens is 388 g/mol. The average Bonchev–Trinajstić information content (AvgIpc) is 3.33. The van der Waals surface area contributed by atoms with Gasteiger partial charge in [-0.05, 0) is 54.8 Å². The first-order valence-electron chi connectivity index (χ1n) is 9.25. The Hall–Kier alpha value is -3.26. The molecule has 0 bridgehead atoms. The summed E-state index contributed by atoms with van der Waals surface area (Å²) in [6.07, 6.45) is 4.93. The minimum Gasteiger partial charge on any atom is -0.497 e. The number of carbonyl (C=O) groups excluding carboxylic acids is 2. The summed E-state index contributed by atoms with van der Waals surface area (Å²) in [7, 11) is 1.58. The molecule has 0 radical (unpaired) electrons. The summed E-state index contributed by atoms with van der Waals surface area (Å²) in [5.41, 5.74) is 2.29. The first-order valence-corrected chi connectivity index (χ1v) is 10.1. The molecular formula is C21H20N4O3S. The molecule has 1 atom stereocenters. The minimum atomic E-state index is -0.283. The van der Waals surface area contributed by atoms with E-state index >= 15 is 0 Å². The second kappa shape index (κ2) is 8.40. The molecule has 0 saturated heterocycles. The first kappa shape index (κ1) is 19.1. The van der Waals surface area contributed by atoms with Crippen molar-refractivity contribution < 1.29 is 14.3 Å². The van der Waals surface area contributed by atoms with E-state index in [-0.39, 0.29) is 17.7 Å². The molecule has 1 aliphatic rings. The zero-order chi connectivity index (χ0) is 20.2. The van der Waals surface area contributed by atoms with Crippen molar-refractivity contribution in [2.24, 2.45) is 0 Å². The zero-order valence-electron chi connectivity index (χ0n) is 15.8. The zero-order valence-corrected chi connectivity index (χ0v) is 16.7. The minimum absolute atomic E-state index is 0.0427. The number of thiazole rings is 1. The van der Waals surface area contributed by atoms with E-state index in [1.54, 1.807) is 43.8 Å². The fraction of sp³-hybridized carbons (Fsp3) is 0.238. The average molecular weight is 408 g/mol. The van der Waals surface area contributed by atoms with E-state index in [4.69, 9.17) is 4.74 Å². The molecule has 7 nitrogen and oxygen atoms in total. The molecule has 2 amide bonds. The van der Waals surface area contributed by atoms with Crippen molar-refractivity contribution in [3.63, 3.8) is 0 Å². The second-order valence-electron chi connectivity index (χ2n) is 6.67. The third-order valence-electron chi connectivity index (χ3n) is 4.82. The normalized spacial score (nSPS) is 14.9. The number of nitrogens with one attached hydrogen (secondary N) is 2. The molecule has 0 spiro atoms. The van der Waals surface area contributed by atoms with Crippen molar-refractivity contribution in [1.29, 1.82) is 0 Å². The number of amides is 2. The Morgan fingerprint density at radius 1 is 1.17 bits per heavy atom. The second-order valence-corrected chi connectivity index (χ2v) is 7.76. The number of hydrogen-bond donors (Lipinski definition) is 2. The van der Waals surface area contributed by atoms with Crippen molar-refractivity contribution in [3.05, 3.63) is 70.5 Å². The Kier molecular flexibility index (Phi) is 5.53. The number of aromatic nitrogens is 2. The van der Waals surface area contributed by atoms with E-state index in [0.717, 1.165) is 29.0 Å². The van der Waals surface area contributed by atoms with Crippen LogP contribution in [0, 0.1) is 0 Å². The first-order chi connectivity index (χ1) is 14.1. The lowest BCUT2D eigenvalue weighted by atomic mass is 10.1. The van der Waals surface area contributed by atoms with Crippen LogP contribution in [-0.2, 0) is 17.8 Å². The maximum atomic E-state index is 12.6. The fourth-order valence-corrected chi connectivity index (χ4v) is 4.29. The number of aryl methyl sites for hydroxylation is 1. The van der Waals surface area contributed by atoms with Gasteiger partial charge in [-0.3, -0.25) is 19.9 Å². The highest BCUT2D eigenvalue weighted by atomic mass is 32.1. The lowest BCUT2D eigenvalue weighted by Gasteiger charge is -2.10. The third-order valence-corrected chi connectivity index (χ3v) is 5.87. The number of carbonyl (C=O) groups is 2. The Balaban J connectivity index is 1.40. The number of nitrogens with zero attached hydrogens (tertiary/aromatic N) is 2. The van der Waals surface area contributed by atoms with Crippen LogP contribution in [0.15, 0.2) is 48.8 Å². The maximum absolute atomic E-state index is 12.6. The molecule has 0 aliphatic heterocycles. The van der Waals surface area contributed by atoms with Gasteiger partial charge in [-0.1, -0.05) is 0 Å². The summed E-state index contributed by atoms with van der Waals surface area (Å²) >= 11 is 1.43. The number of ether oxygens (including phenoxy) is 1. The molecule has 0 saturated carbocycles. The van der Waals surface area contributed by atoms with Gasteiger partial charge in [0.2, 0.25) is 5.91 Å². The Bertz CT molecular complexity index is 1020. The van der Waals surface area contributed by atoms with E-state index < -0.39 is 0 Å². The van der Waals surface area contributed by atoms with Gasteiger partial charge in [-0.2, -0.15) is 0 Å². The smallest absolute Gasteiger partial charge is 0.257 e. The Morgan fingerprint density at radius 3 is 2.66 bits per heavy atom. The molecule has 2 aromatic heterocycles. The van der Waals surface area contributed by atoms with Crippen molar-refractivity contribution in [3.8, 4) is 5.75 Å². The lowest BCUT2D eigenvalue weighted by Crippen LogP contribution is -2.28. The number of benzene rings is 1. The fourth-order valence-electron chi connectivity index (χ4n) is 3.26. The number of rotatable bonds is 6. The summed E-state index contributed by atoms with van der Waals surface area (Å²) in [6, 6.07) is 10.6. The SMILES string of the molecule is COc1ccc(C(=O)Nc2nc3c(s2)CC[C@H]3C(=O)NCc2ccncc2)cc1. The standard InChI is InChI=1S/C21H20N4O3S/c1-28-15-4-2-14(3-5-15)19(26)25-21-24-18-16(6-7-17(18)29-21)20(27)23-12-13-8-10-22-11-9-13/h2-5,8-11,16H,6-7,12H2,1H3,(H,23,27)(H,24,25,26)/t16-/m1/s1. The van der Waals surface area contributed by atoms with Crippen molar-refractivity contribution in [2.45, 2.75) is 25.3 Å². The summed E-state index contributed by atoms with van der Waals surface area (Å²) in [6.45, 7) is 0.457. The van der Waals surface area contributed by atoms with E-state index in [2.05, 4.69) is 20.6 Å². The van der Waals surface area contributed by atoms with Gasteiger partial charge in [-0.25, -0.2) is 4.98 Å². The number of pyridine rings is 1. The van der Waals surface area contributed by atoms with Gasteiger partial charge < -0.3 is 10.1 Å². The Labute approximate surface area is 172 Å². The van der Waals surface area contributed by atoms with Crippen molar-refractivity contribution >= 4 is 28.3 Å². The van der Waals surface area contributed by atoms with Crippen LogP contribution < -0.4 is 15.4 Å². The van der Waals surface area contributed by atoms with Gasteiger partial charge in [-0.15, -0.1) is 11.3 Å². The van der Waals surface area contributed by atoms with Crippen LogP contribution in [0.4, 0.5) is 5.13 Å². The molecule has 3 aromatic rings. The quantitative estimate of drug-likeness (QED) is 0.654. The monoisotopic (exact) mass is 408 g/mol. The molecule has 148 valence electrons.